The molecule has 0 bridgehead atoms. The molecule has 1 N–H and O–H groups in total. The van der Waals surface area contributed by atoms with Gasteiger partial charge in [-0.25, -0.2) is 9.78 Å². The molecule has 0 spiro atoms. The first-order valence-corrected chi connectivity index (χ1v) is 7.29. The van der Waals surface area contributed by atoms with Crippen LogP contribution in [0.25, 0.3) is 6.08 Å². The monoisotopic (exact) mass is 329 g/mol. The highest BCUT2D eigenvalue weighted by atomic mass is 16.5. The maximum atomic E-state index is 11.6. The van der Waals surface area contributed by atoms with Gasteiger partial charge in [-0.05, 0) is 5.56 Å². The smallest absolute Gasteiger partial charge is 0.407 e. The Morgan fingerprint density at radius 1 is 1.21 bits per heavy atom. The van der Waals surface area contributed by atoms with E-state index in [2.05, 4.69) is 15.3 Å². The normalized spacial score (nSPS) is 10.4. The van der Waals surface area contributed by atoms with Crippen LogP contribution in [0.5, 0.6) is 11.9 Å². The number of hydrogen-bond acceptors (Lipinski definition) is 6. The molecule has 7 heteroatoms. The van der Waals surface area contributed by atoms with Gasteiger partial charge in [-0.1, -0.05) is 42.5 Å². The van der Waals surface area contributed by atoms with Crippen LogP contribution in [-0.4, -0.2) is 36.8 Å². The molecule has 0 aliphatic heterocycles. The number of nitrogens with one attached hydrogen (secondary N) is 1. The van der Waals surface area contributed by atoms with Crippen LogP contribution in [0.3, 0.4) is 0 Å². The lowest BCUT2D eigenvalue weighted by Gasteiger charge is -2.06. The van der Waals surface area contributed by atoms with E-state index in [1.807, 2.05) is 30.3 Å². The number of methoxy groups -OCH3 is 2. The Morgan fingerprint density at radius 3 is 2.71 bits per heavy atom. The molecule has 7 nitrogen and oxygen atoms in total. The third-order valence-electron chi connectivity index (χ3n) is 3.01. The maximum Gasteiger partial charge on any atom is 0.407 e. The third-order valence-corrected chi connectivity index (χ3v) is 3.01. The number of benzene rings is 1. The molecular formula is C17H19N3O4. The largest absolute Gasteiger partial charge is 0.480 e. The standard InChI is InChI=1S/C17H19N3O4/c1-22-15-14(11-19-16(20-15)23-2)9-6-10-18-17(21)24-12-13-7-4-3-5-8-13/h3-9,11H,10,12H2,1-2H3,(H,18,21). The maximum absolute atomic E-state index is 11.6. The second kappa shape index (κ2) is 9.14. The predicted molar refractivity (Wildman–Crippen MR) is 88.8 cm³/mol. The van der Waals surface area contributed by atoms with Crippen molar-refractivity contribution in [1.82, 2.24) is 15.3 Å². The fraction of sp³-hybridized carbons (Fsp3) is 0.235. The van der Waals surface area contributed by atoms with Crippen molar-refractivity contribution in [3.05, 3.63) is 53.7 Å². The molecule has 2 rings (SSSR count). The quantitative estimate of drug-likeness (QED) is 0.840. The number of ether oxygens (including phenoxy) is 3. The molecule has 0 aliphatic carbocycles. The summed E-state index contributed by atoms with van der Waals surface area (Å²) in [6, 6.07) is 9.71. The summed E-state index contributed by atoms with van der Waals surface area (Å²) in [5.41, 5.74) is 1.61. The average Bonchev–Trinajstić information content (AvgIpc) is 2.64. The summed E-state index contributed by atoms with van der Waals surface area (Å²) in [6.45, 7) is 0.541. The topological polar surface area (TPSA) is 82.6 Å². The molecule has 24 heavy (non-hydrogen) atoms. The molecule has 0 atom stereocenters. The third kappa shape index (κ3) is 5.28. The first kappa shape index (κ1) is 17.3. The number of aromatic nitrogens is 2. The molecule has 0 fully saturated rings. The van der Waals surface area contributed by atoms with Gasteiger partial charge >= 0.3 is 12.1 Å². The minimum atomic E-state index is -0.485. The van der Waals surface area contributed by atoms with Crippen molar-refractivity contribution < 1.29 is 19.0 Å². The van der Waals surface area contributed by atoms with Crippen molar-refractivity contribution in [2.75, 3.05) is 20.8 Å². The Labute approximate surface area is 140 Å². The molecule has 0 unspecified atom stereocenters. The molecule has 1 aromatic carbocycles. The zero-order chi connectivity index (χ0) is 17.2. The Kier molecular flexibility index (Phi) is 6.58. The molecule has 0 radical (unpaired) electrons. The van der Waals surface area contributed by atoms with Gasteiger partial charge in [0.05, 0.1) is 19.8 Å². The Balaban J connectivity index is 1.79. The minimum Gasteiger partial charge on any atom is -0.480 e. The van der Waals surface area contributed by atoms with E-state index in [0.717, 1.165) is 5.56 Å². The van der Waals surface area contributed by atoms with E-state index in [9.17, 15) is 4.79 Å². The summed E-state index contributed by atoms with van der Waals surface area (Å²) in [7, 11) is 2.99. The van der Waals surface area contributed by atoms with Crippen molar-refractivity contribution in [2.45, 2.75) is 6.61 Å². The van der Waals surface area contributed by atoms with Gasteiger partial charge in [0.1, 0.15) is 6.61 Å². The van der Waals surface area contributed by atoms with Crippen LogP contribution in [0.4, 0.5) is 4.79 Å². The van der Waals surface area contributed by atoms with E-state index >= 15 is 0 Å². The minimum absolute atomic E-state index is 0.228. The summed E-state index contributed by atoms with van der Waals surface area (Å²) in [4.78, 5) is 19.7. The molecule has 1 aromatic heterocycles. The Bertz CT molecular complexity index is 689. The van der Waals surface area contributed by atoms with Crippen molar-refractivity contribution in [3.63, 3.8) is 0 Å². The van der Waals surface area contributed by atoms with Crippen LogP contribution in [0.15, 0.2) is 42.6 Å². The number of carbonyl (C=O) groups is 1. The first-order valence-electron chi connectivity index (χ1n) is 7.29. The molecule has 126 valence electrons. The van der Waals surface area contributed by atoms with E-state index in [-0.39, 0.29) is 12.6 Å². The molecule has 1 heterocycles. The molecule has 1 amide bonds. The van der Waals surface area contributed by atoms with Gasteiger partial charge in [0.15, 0.2) is 0 Å². The summed E-state index contributed by atoms with van der Waals surface area (Å²) >= 11 is 0. The second-order valence-corrected chi connectivity index (χ2v) is 4.67. The molecule has 0 saturated carbocycles. The first-order chi connectivity index (χ1) is 11.7. The number of nitrogens with zero attached hydrogens (tertiary/aromatic N) is 2. The molecule has 2 aromatic rings. The highest BCUT2D eigenvalue weighted by Gasteiger charge is 2.05. The molecule has 0 aliphatic rings. The summed E-state index contributed by atoms with van der Waals surface area (Å²) in [6.07, 6.45) is 4.59. The lowest BCUT2D eigenvalue weighted by atomic mass is 10.2. The van der Waals surface area contributed by atoms with Gasteiger partial charge in [0.25, 0.3) is 0 Å². The van der Waals surface area contributed by atoms with Gasteiger partial charge in [0.2, 0.25) is 5.88 Å². The summed E-state index contributed by atoms with van der Waals surface area (Å²) in [5, 5.41) is 2.63. The summed E-state index contributed by atoms with van der Waals surface area (Å²) < 4.78 is 15.2. The van der Waals surface area contributed by atoms with Crippen molar-refractivity contribution in [2.24, 2.45) is 0 Å². The fourth-order valence-electron chi connectivity index (χ4n) is 1.84. The Morgan fingerprint density at radius 2 is 2.00 bits per heavy atom. The number of alkyl carbamates (subject to hydrolysis) is 1. The van der Waals surface area contributed by atoms with Crippen LogP contribution in [-0.2, 0) is 11.3 Å². The van der Waals surface area contributed by atoms with Gasteiger partial charge in [-0.3, -0.25) is 0 Å². The van der Waals surface area contributed by atoms with E-state index in [1.165, 1.54) is 14.2 Å². The number of hydrogen-bond donors (Lipinski definition) is 1. The van der Waals surface area contributed by atoms with E-state index in [4.69, 9.17) is 14.2 Å². The lowest BCUT2D eigenvalue weighted by molar-refractivity contribution is 0.141. The SMILES string of the molecule is COc1ncc(C=CCNC(=O)OCc2ccccc2)c(OC)n1. The van der Waals surface area contributed by atoms with Gasteiger partial charge in [-0.2, -0.15) is 4.98 Å². The average molecular weight is 329 g/mol. The fourth-order valence-corrected chi connectivity index (χ4v) is 1.84. The van der Waals surface area contributed by atoms with E-state index in [0.29, 0.717) is 18.0 Å². The van der Waals surface area contributed by atoms with Crippen LogP contribution < -0.4 is 14.8 Å². The summed E-state index contributed by atoms with van der Waals surface area (Å²) in [5.74, 6) is 0.393. The molecular weight excluding hydrogens is 310 g/mol. The lowest BCUT2D eigenvalue weighted by Crippen LogP contribution is -2.24. The highest BCUT2D eigenvalue weighted by Crippen LogP contribution is 2.18. The van der Waals surface area contributed by atoms with Crippen molar-refractivity contribution >= 4 is 12.2 Å². The van der Waals surface area contributed by atoms with E-state index in [1.54, 1.807) is 18.3 Å². The number of carbonyl (C=O) groups excluding carboxylic acids is 1. The molecule has 0 saturated heterocycles. The zero-order valence-electron chi connectivity index (χ0n) is 13.6. The number of amides is 1. The number of rotatable bonds is 7. The zero-order valence-corrected chi connectivity index (χ0v) is 13.6. The van der Waals surface area contributed by atoms with Gasteiger partial charge < -0.3 is 19.5 Å². The Hall–Kier alpha value is -3.09. The second-order valence-electron chi connectivity index (χ2n) is 4.67. The van der Waals surface area contributed by atoms with Crippen molar-refractivity contribution in [1.29, 1.82) is 0 Å². The van der Waals surface area contributed by atoms with Gasteiger partial charge in [0, 0.05) is 12.7 Å². The van der Waals surface area contributed by atoms with Crippen LogP contribution in [0.2, 0.25) is 0 Å². The van der Waals surface area contributed by atoms with Gasteiger partial charge in [-0.15, -0.1) is 0 Å². The highest BCUT2D eigenvalue weighted by molar-refractivity contribution is 5.67. The van der Waals surface area contributed by atoms with Crippen LogP contribution >= 0.6 is 0 Å². The van der Waals surface area contributed by atoms with Crippen molar-refractivity contribution in [3.8, 4) is 11.9 Å². The van der Waals surface area contributed by atoms with Crippen LogP contribution in [0, 0.1) is 0 Å². The van der Waals surface area contributed by atoms with Crippen LogP contribution in [0.1, 0.15) is 11.1 Å². The van der Waals surface area contributed by atoms with E-state index < -0.39 is 6.09 Å². The predicted octanol–water partition coefficient (Wildman–Crippen LogP) is 2.43.